The van der Waals surface area contributed by atoms with Crippen LogP contribution in [0, 0.1) is 13.8 Å². The van der Waals surface area contributed by atoms with Crippen LogP contribution in [-0.2, 0) is 36.7 Å². The summed E-state index contributed by atoms with van der Waals surface area (Å²) in [5, 5.41) is 41.9. The van der Waals surface area contributed by atoms with Gasteiger partial charge in [0.25, 0.3) is 10.1 Å². The average molecular weight is 767 g/mol. The Morgan fingerprint density at radius 1 is 0.608 bits per heavy atom. The second kappa shape index (κ2) is 13.0. The second-order valence-corrected chi connectivity index (χ2v) is 14.2. The molecular weight excluding hydrogens is 743 g/mol. The molecule has 0 spiro atoms. The number of phenolic OH excluding ortho intramolecular Hbond substituents is 1. The molecule has 0 aliphatic carbocycles. The van der Waals surface area contributed by atoms with Gasteiger partial charge in [-0.2, -0.15) is 8.42 Å². The summed E-state index contributed by atoms with van der Waals surface area (Å²) in [6.45, 7) is 3.77. The van der Waals surface area contributed by atoms with Crippen LogP contribution >= 0.6 is 0 Å². The van der Waals surface area contributed by atoms with Crippen molar-refractivity contribution < 1.29 is 52.6 Å². The van der Waals surface area contributed by atoms with E-state index < -0.39 is 35.8 Å². The van der Waals surface area contributed by atoms with E-state index in [1.807, 2.05) is 26.0 Å². The molecule has 2 N–H and O–H groups in total. The van der Waals surface area contributed by atoms with Gasteiger partial charge in [0, 0.05) is 5.39 Å². The number of fused-ring (bicyclic) bond motifs is 4. The van der Waals surface area contributed by atoms with Gasteiger partial charge in [0.05, 0.1) is 10.6 Å². The Hall–Kier alpha value is -5.45. The summed E-state index contributed by atoms with van der Waals surface area (Å²) in [5.74, 6) is -0.924. The zero-order valence-electron chi connectivity index (χ0n) is 26.4. The maximum absolute atomic E-state index is 12.8. The number of aromatic hydroxyl groups is 1. The van der Waals surface area contributed by atoms with Crippen LogP contribution in [0.15, 0.2) is 107 Å². The number of hydrogen-bond acceptors (Lipinski definition) is 11. The molecule has 8 aromatic rings. The normalized spacial score (nSPS) is 11.8. The van der Waals surface area contributed by atoms with Crippen LogP contribution in [0.5, 0.6) is 11.5 Å². The topological polar surface area (TPSA) is 216 Å². The van der Waals surface area contributed by atoms with Crippen LogP contribution in [-0.4, -0.2) is 61.0 Å². The average Bonchev–Trinajstić information content (AvgIpc) is 3.67. The molecule has 8 rings (SSSR count). The third kappa shape index (κ3) is 6.60. The summed E-state index contributed by atoms with van der Waals surface area (Å²) in [6, 6.07) is 26.3. The molecule has 2 aromatic heterocycles. The Bertz CT molecular complexity index is 2700. The van der Waals surface area contributed by atoms with Crippen LogP contribution in [0.3, 0.4) is 0 Å². The van der Waals surface area contributed by atoms with E-state index in [0.29, 0.717) is 43.6 Å². The minimum absolute atomic E-state index is 0. The Morgan fingerprint density at radius 3 is 1.59 bits per heavy atom. The molecule has 0 unspecified atom stereocenters. The summed E-state index contributed by atoms with van der Waals surface area (Å²) in [4.78, 5) is 0.882. The summed E-state index contributed by atoms with van der Waals surface area (Å²) in [6.07, 6.45) is 0. The van der Waals surface area contributed by atoms with Crippen molar-refractivity contribution in [1.82, 2.24) is 30.0 Å². The predicted octanol–water partition coefficient (Wildman–Crippen LogP) is 4.69. The first-order valence-corrected chi connectivity index (χ1v) is 17.6. The number of rotatable bonds is 4. The van der Waals surface area contributed by atoms with Gasteiger partial charge in [0.2, 0.25) is 0 Å². The van der Waals surface area contributed by atoms with Gasteiger partial charge in [-0.1, -0.05) is 66.4 Å². The molecule has 0 saturated carbocycles. The van der Waals surface area contributed by atoms with Crippen LogP contribution in [0.25, 0.3) is 55.0 Å². The molecule has 14 nitrogen and oxygen atoms in total. The van der Waals surface area contributed by atoms with Gasteiger partial charge in [-0.3, -0.25) is 4.55 Å². The first-order chi connectivity index (χ1) is 23.7. The molecule has 51 heavy (non-hydrogen) atoms. The predicted molar refractivity (Wildman–Crippen MR) is 181 cm³/mol. The monoisotopic (exact) mass is 766 g/mol. The van der Waals surface area contributed by atoms with E-state index in [9.17, 15) is 36.2 Å². The summed E-state index contributed by atoms with van der Waals surface area (Å²) in [5.41, 5.74) is 3.45. The van der Waals surface area contributed by atoms with Crippen molar-refractivity contribution in [3.8, 4) is 22.9 Å². The molecule has 260 valence electrons. The molecule has 6 aromatic carbocycles. The molecule has 0 aliphatic heterocycles. The molecule has 17 heteroatoms. The van der Waals surface area contributed by atoms with Gasteiger partial charge >= 0.3 is 16.5 Å². The van der Waals surface area contributed by atoms with Crippen LogP contribution in [0.1, 0.15) is 11.1 Å². The van der Waals surface area contributed by atoms with E-state index in [4.69, 9.17) is 0 Å². The number of aromatic nitrogens is 6. The van der Waals surface area contributed by atoms with Gasteiger partial charge in [0.1, 0.15) is 42.8 Å². The number of phenols is 1. The Morgan fingerprint density at radius 2 is 1.06 bits per heavy atom. The zero-order valence-corrected chi connectivity index (χ0v) is 29.0. The van der Waals surface area contributed by atoms with E-state index in [1.54, 1.807) is 72.8 Å². The fraction of sp³-hybridized carbons (Fsp3) is 0.0588. The summed E-state index contributed by atoms with van der Waals surface area (Å²) in [7, 11) is -9.49. The molecule has 0 radical (unpaired) electrons. The van der Waals surface area contributed by atoms with Crippen molar-refractivity contribution in [2.24, 2.45) is 0 Å². The van der Waals surface area contributed by atoms with Gasteiger partial charge in [-0.05, 0) is 77.5 Å². The molecule has 0 aliphatic rings. The third-order valence-corrected chi connectivity index (χ3v) is 9.64. The van der Waals surface area contributed by atoms with Crippen LogP contribution in [0.4, 0.5) is 0 Å². The van der Waals surface area contributed by atoms with Gasteiger partial charge in [-0.15, -0.1) is 30.0 Å². The van der Waals surface area contributed by atoms with Crippen molar-refractivity contribution in [2.75, 3.05) is 0 Å². The molecular formula is C34H24N6NiO8S2. The quantitative estimate of drug-likeness (QED) is 0.184. The van der Waals surface area contributed by atoms with Gasteiger partial charge < -0.3 is 14.8 Å². The Labute approximate surface area is 300 Å². The fourth-order valence-electron chi connectivity index (χ4n) is 5.59. The minimum Gasteiger partial charge on any atom is -0.871 e. The molecule has 0 amide bonds. The number of hydrogen-bond donors (Lipinski definition) is 2. The summed E-state index contributed by atoms with van der Waals surface area (Å²) < 4.78 is 68.5. The molecule has 0 fully saturated rings. The van der Waals surface area contributed by atoms with Crippen molar-refractivity contribution in [1.29, 1.82) is 0 Å². The maximum Gasteiger partial charge on any atom is 2.00 e. The van der Waals surface area contributed by atoms with E-state index in [1.165, 1.54) is 12.1 Å². The number of nitrogens with zero attached hydrogens (tertiary/aromatic N) is 6. The van der Waals surface area contributed by atoms with Crippen LogP contribution < -0.4 is 5.11 Å². The minimum atomic E-state index is -4.89. The van der Waals surface area contributed by atoms with E-state index in [0.717, 1.165) is 20.7 Å². The van der Waals surface area contributed by atoms with Crippen molar-refractivity contribution in [3.63, 3.8) is 0 Å². The SMILES string of the molecule is Cc1ccc2nn(-c3c(S(=O)(=O)O)cc4ccccc4c3O)nc2c1.Cc1ccc2nn(-c3c(S(=O)(=O)[O-])cc4ccccc4c3[O-])nc2c1.[Ni+2]. The number of aryl methyl sites for hydroxylation is 2. The third-order valence-electron chi connectivity index (χ3n) is 7.92. The number of benzene rings is 6. The van der Waals surface area contributed by atoms with Gasteiger partial charge in [0.15, 0.2) is 5.75 Å². The van der Waals surface area contributed by atoms with E-state index in [-0.39, 0.29) is 33.6 Å². The first-order valence-electron chi connectivity index (χ1n) is 14.8. The van der Waals surface area contributed by atoms with Crippen molar-refractivity contribution >= 4 is 63.8 Å². The fourth-order valence-corrected chi connectivity index (χ4v) is 6.97. The van der Waals surface area contributed by atoms with Gasteiger partial charge in [-0.25, -0.2) is 8.42 Å². The largest absolute Gasteiger partial charge is 2.00 e. The zero-order chi connectivity index (χ0) is 35.5. The van der Waals surface area contributed by atoms with Crippen molar-refractivity contribution in [3.05, 3.63) is 108 Å². The maximum atomic E-state index is 12.8. The van der Waals surface area contributed by atoms with Crippen LogP contribution in [0.2, 0.25) is 0 Å². The Kier molecular flexibility index (Phi) is 9.04. The standard InChI is InChI=1S/2C17H13N3O4S.Ni/c2*1-10-6-7-13-14(8-10)19-20(18-13)16-15(25(22,23)24)9-11-4-2-3-5-12(11)17(16)21;/h2*2-9,21H,1H3,(H,22,23,24);/q;;+2/p-2. The molecule has 0 saturated heterocycles. The summed E-state index contributed by atoms with van der Waals surface area (Å²) >= 11 is 0. The molecule has 0 bridgehead atoms. The van der Waals surface area contributed by atoms with E-state index >= 15 is 0 Å². The molecule has 0 atom stereocenters. The second-order valence-electron chi connectivity index (χ2n) is 11.5. The Balaban J connectivity index is 0.000000172. The van der Waals surface area contributed by atoms with Crippen molar-refractivity contribution in [2.45, 2.75) is 23.6 Å². The smallest absolute Gasteiger partial charge is 0.871 e. The van der Waals surface area contributed by atoms with E-state index in [2.05, 4.69) is 20.4 Å². The molecule has 2 heterocycles. The first kappa shape index (κ1) is 35.4.